The van der Waals surface area contributed by atoms with Gasteiger partial charge in [-0.2, -0.15) is 5.10 Å². The van der Waals surface area contributed by atoms with Crippen molar-refractivity contribution in [2.24, 2.45) is 5.10 Å². The van der Waals surface area contributed by atoms with Crippen molar-refractivity contribution in [1.29, 1.82) is 0 Å². The van der Waals surface area contributed by atoms with Gasteiger partial charge in [0.15, 0.2) is 6.04 Å². The number of benzene rings is 1. The minimum Gasteiger partial charge on any atom is -0.464 e. The Kier molecular flexibility index (Phi) is 6.22. The van der Waals surface area contributed by atoms with Gasteiger partial charge in [0.25, 0.3) is 0 Å². The number of hydrogen-bond donors (Lipinski definition) is 2. The van der Waals surface area contributed by atoms with Crippen LogP contribution in [0, 0.1) is 0 Å². The number of nitrogens with one attached hydrogen (secondary N) is 2. The largest absolute Gasteiger partial charge is 0.464 e. The molecular formula is C14H19N3O3. The van der Waals surface area contributed by atoms with Crippen LogP contribution in [0.25, 0.3) is 0 Å². The Labute approximate surface area is 118 Å². The molecule has 20 heavy (non-hydrogen) atoms. The fourth-order valence-electron chi connectivity index (χ4n) is 1.49. The third-order valence-electron chi connectivity index (χ3n) is 2.42. The lowest BCUT2D eigenvalue weighted by Gasteiger charge is -2.16. The summed E-state index contributed by atoms with van der Waals surface area (Å²) in [5, 5.41) is 6.62. The first kappa shape index (κ1) is 15.7. The minimum atomic E-state index is -0.885. The molecule has 1 rings (SSSR count). The van der Waals surface area contributed by atoms with Crippen molar-refractivity contribution in [3.8, 4) is 0 Å². The number of carbonyl (C=O) groups excluding carboxylic acids is 2. The molecule has 1 aromatic rings. The molecule has 0 spiro atoms. The summed E-state index contributed by atoms with van der Waals surface area (Å²) in [5.74, 6) is -0.851. The number of hydrogen-bond acceptors (Lipinski definition) is 5. The van der Waals surface area contributed by atoms with Crippen molar-refractivity contribution in [1.82, 2.24) is 5.32 Å². The van der Waals surface area contributed by atoms with E-state index in [0.29, 0.717) is 5.71 Å². The van der Waals surface area contributed by atoms with E-state index in [9.17, 15) is 9.59 Å². The summed E-state index contributed by atoms with van der Waals surface area (Å²) in [6, 6.07) is 8.42. The lowest BCUT2D eigenvalue weighted by atomic mass is 10.2. The molecule has 0 bridgehead atoms. The van der Waals surface area contributed by atoms with Gasteiger partial charge in [0, 0.05) is 6.92 Å². The molecule has 1 aromatic carbocycles. The Morgan fingerprint density at radius 3 is 2.45 bits per heavy atom. The van der Waals surface area contributed by atoms with Crippen LogP contribution in [0.1, 0.15) is 20.8 Å². The van der Waals surface area contributed by atoms with Gasteiger partial charge in [-0.1, -0.05) is 18.2 Å². The fraction of sp³-hybridized carbons (Fsp3) is 0.357. The van der Waals surface area contributed by atoms with Crippen LogP contribution in [-0.4, -0.2) is 30.2 Å². The lowest BCUT2D eigenvalue weighted by molar-refractivity contribution is -0.145. The SMILES string of the molecule is CCOC(=O)[C@@H](NC(C)=O)/C(C)=N/Nc1ccccc1. The number of amides is 1. The molecule has 6 nitrogen and oxygen atoms in total. The van der Waals surface area contributed by atoms with Crippen molar-refractivity contribution >= 4 is 23.3 Å². The van der Waals surface area contributed by atoms with E-state index < -0.39 is 12.0 Å². The zero-order chi connectivity index (χ0) is 15.0. The molecule has 0 unspecified atom stereocenters. The van der Waals surface area contributed by atoms with E-state index in [4.69, 9.17) is 4.74 Å². The highest BCUT2D eigenvalue weighted by Gasteiger charge is 2.23. The van der Waals surface area contributed by atoms with Crippen molar-refractivity contribution in [3.63, 3.8) is 0 Å². The Bertz CT molecular complexity index is 486. The average molecular weight is 277 g/mol. The summed E-state index contributed by atoms with van der Waals surface area (Å²) in [5.41, 5.74) is 4.03. The molecule has 108 valence electrons. The van der Waals surface area contributed by atoms with Crippen LogP contribution in [0.15, 0.2) is 35.4 Å². The third kappa shape index (κ3) is 5.09. The predicted octanol–water partition coefficient (Wildman–Crippen LogP) is 1.54. The van der Waals surface area contributed by atoms with E-state index in [-0.39, 0.29) is 12.5 Å². The van der Waals surface area contributed by atoms with Crippen LogP contribution in [-0.2, 0) is 14.3 Å². The van der Waals surface area contributed by atoms with E-state index in [1.807, 2.05) is 30.3 Å². The second-order valence-corrected chi connectivity index (χ2v) is 4.12. The van der Waals surface area contributed by atoms with E-state index in [2.05, 4.69) is 15.8 Å². The highest BCUT2D eigenvalue weighted by atomic mass is 16.5. The highest BCUT2D eigenvalue weighted by molar-refractivity contribution is 6.07. The van der Waals surface area contributed by atoms with Crippen molar-refractivity contribution in [2.75, 3.05) is 12.0 Å². The number of carbonyl (C=O) groups is 2. The normalized spacial score (nSPS) is 12.4. The van der Waals surface area contributed by atoms with Gasteiger partial charge in [-0.15, -0.1) is 0 Å². The molecule has 0 heterocycles. The van der Waals surface area contributed by atoms with Gasteiger partial charge in [0.1, 0.15) is 0 Å². The van der Waals surface area contributed by atoms with Crippen molar-refractivity contribution in [2.45, 2.75) is 26.8 Å². The van der Waals surface area contributed by atoms with Gasteiger partial charge < -0.3 is 10.1 Å². The van der Waals surface area contributed by atoms with E-state index in [1.54, 1.807) is 13.8 Å². The van der Waals surface area contributed by atoms with Crippen LogP contribution in [0.5, 0.6) is 0 Å². The summed E-state index contributed by atoms with van der Waals surface area (Å²) in [4.78, 5) is 22.9. The first-order chi connectivity index (χ1) is 9.54. The van der Waals surface area contributed by atoms with Gasteiger partial charge in [-0.25, -0.2) is 4.79 Å². The van der Waals surface area contributed by atoms with Crippen LogP contribution in [0.4, 0.5) is 5.69 Å². The maximum atomic E-state index is 11.8. The van der Waals surface area contributed by atoms with Crippen molar-refractivity contribution in [3.05, 3.63) is 30.3 Å². The molecule has 0 radical (unpaired) electrons. The Hall–Kier alpha value is -2.37. The van der Waals surface area contributed by atoms with Gasteiger partial charge in [0.05, 0.1) is 18.0 Å². The average Bonchev–Trinajstić information content (AvgIpc) is 2.43. The summed E-state index contributed by atoms with van der Waals surface area (Å²) >= 11 is 0. The van der Waals surface area contributed by atoms with Crippen molar-refractivity contribution < 1.29 is 14.3 Å². The summed E-state index contributed by atoms with van der Waals surface area (Å²) in [7, 11) is 0. The number of esters is 1. The molecule has 0 saturated heterocycles. The zero-order valence-electron chi connectivity index (χ0n) is 11.8. The predicted molar refractivity (Wildman–Crippen MR) is 77.4 cm³/mol. The Morgan fingerprint density at radius 2 is 1.90 bits per heavy atom. The Morgan fingerprint density at radius 1 is 1.25 bits per heavy atom. The molecule has 0 aliphatic rings. The van der Waals surface area contributed by atoms with E-state index in [0.717, 1.165) is 5.69 Å². The summed E-state index contributed by atoms with van der Waals surface area (Å²) in [6.07, 6.45) is 0. The second-order valence-electron chi connectivity index (χ2n) is 4.12. The van der Waals surface area contributed by atoms with Crippen LogP contribution in [0.3, 0.4) is 0 Å². The topological polar surface area (TPSA) is 79.8 Å². The molecule has 0 aromatic heterocycles. The van der Waals surface area contributed by atoms with E-state index >= 15 is 0 Å². The molecule has 0 aliphatic heterocycles. The molecular weight excluding hydrogens is 258 g/mol. The quantitative estimate of drug-likeness (QED) is 0.469. The highest BCUT2D eigenvalue weighted by Crippen LogP contribution is 2.05. The summed E-state index contributed by atoms with van der Waals surface area (Å²) < 4.78 is 4.92. The standard InChI is InChI=1S/C14H19N3O3/c1-4-20-14(19)13(15-11(3)18)10(2)16-17-12-8-6-5-7-9-12/h5-9,13,17H,4H2,1-3H3,(H,15,18)/b16-10+/t13-/m0/s1. The number of rotatable bonds is 6. The van der Waals surface area contributed by atoms with Gasteiger partial charge in [-0.05, 0) is 26.0 Å². The number of anilines is 1. The van der Waals surface area contributed by atoms with E-state index in [1.165, 1.54) is 6.92 Å². The second kappa shape index (κ2) is 7.93. The maximum Gasteiger partial charge on any atom is 0.334 e. The van der Waals surface area contributed by atoms with Gasteiger partial charge >= 0.3 is 5.97 Å². The van der Waals surface area contributed by atoms with Crippen LogP contribution in [0.2, 0.25) is 0 Å². The monoisotopic (exact) mass is 277 g/mol. The smallest absolute Gasteiger partial charge is 0.334 e. The molecule has 1 atom stereocenters. The maximum absolute atomic E-state index is 11.8. The lowest BCUT2D eigenvalue weighted by Crippen LogP contribution is -2.46. The first-order valence-corrected chi connectivity index (χ1v) is 6.33. The fourth-order valence-corrected chi connectivity index (χ4v) is 1.49. The molecule has 2 N–H and O–H groups in total. The molecule has 6 heteroatoms. The Balaban J connectivity index is 2.78. The number of para-hydroxylation sites is 1. The zero-order valence-corrected chi connectivity index (χ0v) is 11.8. The third-order valence-corrected chi connectivity index (χ3v) is 2.42. The number of nitrogens with zero attached hydrogens (tertiary/aromatic N) is 1. The summed E-state index contributed by atoms with van der Waals surface area (Å²) in [6.45, 7) is 4.93. The first-order valence-electron chi connectivity index (χ1n) is 6.33. The molecule has 0 saturated carbocycles. The van der Waals surface area contributed by atoms with Gasteiger partial charge in [0.2, 0.25) is 5.91 Å². The number of hydrazone groups is 1. The van der Waals surface area contributed by atoms with Crippen LogP contribution >= 0.6 is 0 Å². The van der Waals surface area contributed by atoms with Gasteiger partial charge in [-0.3, -0.25) is 10.2 Å². The molecule has 0 aliphatic carbocycles. The molecule has 0 fully saturated rings. The molecule has 1 amide bonds. The minimum absolute atomic E-state index is 0.244. The van der Waals surface area contributed by atoms with Crippen LogP contribution < -0.4 is 10.7 Å². The number of ether oxygens (including phenoxy) is 1.